The first-order valence-electron chi connectivity index (χ1n) is 22.2. The number of nitrogen functional groups attached to an aromatic ring is 1. The third-order valence-corrected chi connectivity index (χ3v) is 12.9. The van der Waals surface area contributed by atoms with E-state index in [4.69, 9.17) is 16.9 Å². The molecule has 316 valence electrons. The largest absolute Gasteiger partial charge is 0.384 e. The van der Waals surface area contributed by atoms with Gasteiger partial charge in [-0.1, -0.05) is 183 Å². The number of nitrogens with one attached hydrogen (secondary N) is 1. The molecule has 5 heteroatoms. The van der Waals surface area contributed by atoms with Crippen LogP contribution < -0.4 is 11.5 Å². The number of hydrogen-bond acceptors (Lipinski definition) is 2. The normalized spacial score (nSPS) is 12.3. The summed E-state index contributed by atoms with van der Waals surface area (Å²) in [6.45, 7) is 7.58. The van der Waals surface area contributed by atoms with Gasteiger partial charge in [-0.25, -0.2) is 0 Å². The molecule has 0 aliphatic heterocycles. The van der Waals surface area contributed by atoms with Crippen molar-refractivity contribution in [3.05, 3.63) is 240 Å². The molecule has 9 aromatic carbocycles. The molecule has 1 aliphatic carbocycles. The zero-order chi connectivity index (χ0) is 44.7. The fourth-order valence-electron chi connectivity index (χ4n) is 9.74. The van der Waals surface area contributed by atoms with Crippen molar-refractivity contribution in [3.63, 3.8) is 0 Å². The van der Waals surface area contributed by atoms with Crippen molar-refractivity contribution in [2.75, 3.05) is 0 Å². The molecule has 0 bridgehead atoms. The van der Waals surface area contributed by atoms with E-state index < -0.39 is 0 Å². The second-order valence-electron chi connectivity index (χ2n) is 17.3. The SMILES string of the molecule is Cc1ccc(-c2cc3c(c4c2c2ccccc2n4-c2ccc4c(c2)c2ccccc2n4-c2ccccc2)-c2ccccc2C3(C)C)cc1.N=C(N)c1ccccc1.NCc1ccccc1. The van der Waals surface area contributed by atoms with Crippen LogP contribution in [0.1, 0.15) is 41.7 Å². The molecule has 12 rings (SSSR count). The van der Waals surface area contributed by atoms with Gasteiger partial charge in [0.2, 0.25) is 0 Å². The minimum atomic E-state index is -0.131. The van der Waals surface area contributed by atoms with Gasteiger partial charge in [-0.2, -0.15) is 0 Å². The number of rotatable bonds is 5. The average molecular weight is 842 g/mol. The quantitative estimate of drug-likeness (QED) is 0.119. The first-order chi connectivity index (χ1) is 31.7. The Morgan fingerprint density at radius 3 is 1.72 bits per heavy atom. The van der Waals surface area contributed by atoms with Crippen LogP contribution in [0.4, 0.5) is 0 Å². The maximum Gasteiger partial charge on any atom is 0.122 e. The molecule has 5 N–H and O–H groups in total. The number of nitrogens with zero attached hydrogens (tertiary/aromatic N) is 2. The van der Waals surface area contributed by atoms with Crippen LogP contribution in [-0.2, 0) is 12.0 Å². The van der Waals surface area contributed by atoms with Crippen LogP contribution in [0.5, 0.6) is 0 Å². The van der Waals surface area contributed by atoms with E-state index in [2.05, 4.69) is 182 Å². The highest BCUT2D eigenvalue weighted by molar-refractivity contribution is 6.21. The first kappa shape index (κ1) is 41.0. The highest BCUT2D eigenvalue weighted by Crippen LogP contribution is 2.55. The number of amidine groups is 1. The van der Waals surface area contributed by atoms with Crippen molar-refractivity contribution >= 4 is 49.4 Å². The van der Waals surface area contributed by atoms with Gasteiger partial charge in [0.05, 0.1) is 22.1 Å². The standard InChI is InChI=1S/C46H34N2.C7H8N2.C7H9N/c1-29-21-23-30(24-22-29)36-28-39-44(34-16-7-10-18-38(34)46(39,2)3)45-43(36)35-17-9-12-20-41(35)48(45)32-25-26-42-37(27-32)33-15-8-11-19-40(33)47(42)31-13-5-4-6-14-31;8-7(9)6-4-2-1-3-5-6;8-6-7-4-2-1-3-5-7/h4-28H,1-3H3;1-5H,(H3,8,9);1-5H,6,8H2. The van der Waals surface area contributed by atoms with Gasteiger partial charge >= 0.3 is 0 Å². The lowest BCUT2D eigenvalue weighted by molar-refractivity contribution is 0.661. The smallest absolute Gasteiger partial charge is 0.122 e. The van der Waals surface area contributed by atoms with Crippen LogP contribution in [0, 0.1) is 12.3 Å². The molecule has 0 unspecified atom stereocenters. The highest BCUT2D eigenvalue weighted by Gasteiger charge is 2.38. The van der Waals surface area contributed by atoms with Gasteiger partial charge in [0.15, 0.2) is 0 Å². The second kappa shape index (κ2) is 16.9. The minimum absolute atomic E-state index is 0.121. The molecule has 0 amide bonds. The summed E-state index contributed by atoms with van der Waals surface area (Å²) in [4.78, 5) is 0. The highest BCUT2D eigenvalue weighted by atomic mass is 15.0. The molecule has 11 aromatic rings. The van der Waals surface area contributed by atoms with Crippen molar-refractivity contribution in [1.82, 2.24) is 9.13 Å². The molecule has 2 aromatic heterocycles. The molecule has 1 aliphatic rings. The first-order valence-corrected chi connectivity index (χ1v) is 22.2. The number of aryl methyl sites for hydroxylation is 1. The molecular formula is C60H51N5. The van der Waals surface area contributed by atoms with Crippen molar-refractivity contribution in [1.29, 1.82) is 5.41 Å². The molecule has 5 nitrogen and oxygen atoms in total. The van der Waals surface area contributed by atoms with E-state index in [0.717, 1.165) is 5.56 Å². The number of hydrogen-bond donors (Lipinski definition) is 3. The predicted molar refractivity (Wildman–Crippen MR) is 275 cm³/mol. The van der Waals surface area contributed by atoms with Crippen molar-refractivity contribution < 1.29 is 0 Å². The van der Waals surface area contributed by atoms with Crippen LogP contribution in [0.25, 0.3) is 77.2 Å². The van der Waals surface area contributed by atoms with Gasteiger partial charge in [0, 0.05) is 56.0 Å². The Morgan fingerprint density at radius 2 is 1.08 bits per heavy atom. The Hall–Kier alpha value is -7.99. The molecule has 0 radical (unpaired) electrons. The minimum Gasteiger partial charge on any atom is -0.384 e. The van der Waals surface area contributed by atoms with E-state index in [1.807, 2.05) is 60.7 Å². The second-order valence-corrected chi connectivity index (χ2v) is 17.3. The van der Waals surface area contributed by atoms with E-state index in [1.165, 1.54) is 99.5 Å². The monoisotopic (exact) mass is 841 g/mol. The van der Waals surface area contributed by atoms with Crippen molar-refractivity contribution in [3.8, 4) is 33.6 Å². The number of fused-ring (bicyclic) bond motifs is 10. The maximum atomic E-state index is 7.01. The van der Waals surface area contributed by atoms with Crippen LogP contribution in [0.15, 0.2) is 212 Å². The summed E-state index contributed by atoms with van der Waals surface area (Å²) in [5.41, 5.74) is 29.0. The molecule has 0 saturated carbocycles. The summed E-state index contributed by atoms with van der Waals surface area (Å²) in [5, 5.41) is 12.1. The van der Waals surface area contributed by atoms with Crippen LogP contribution in [0.2, 0.25) is 0 Å². The summed E-state index contributed by atoms with van der Waals surface area (Å²) < 4.78 is 4.94. The van der Waals surface area contributed by atoms with Gasteiger partial charge in [-0.15, -0.1) is 0 Å². The molecule has 0 atom stereocenters. The Bertz CT molecular complexity index is 3510. The van der Waals surface area contributed by atoms with Gasteiger partial charge in [-0.05, 0) is 88.8 Å². The Kier molecular flexibility index (Phi) is 10.7. The summed E-state index contributed by atoms with van der Waals surface area (Å²) in [7, 11) is 0. The number of aromatic nitrogens is 2. The lowest BCUT2D eigenvalue weighted by Gasteiger charge is -2.23. The zero-order valence-corrected chi connectivity index (χ0v) is 37.0. The van der Waals surface area contributed by atoms with Crippen LogP contribution >= 0.6 is 0 Å². The van der Waals surface area contributed by atoms with Crippen LogP contribution in [0.3, 0.4) is 0 Å². The van der Waals surface area contributed by atoms with Gasteiger partial charge in [0.1, 0.15) is 5.84 Å². The summed E-state index contributed by atoms with van der Waals surface area (Å²) in [5.74, 6) is 0.121. The summed E-state index contributed by atoms with van der Waals surface area (Å²) >= 11 is 0. The van der Waals surface area contributed by atoms with E-state index in [-0.39, 0.29) is 11.3 Å². The fraction of sp³-hybridized carbons (Fsp3) is 0.0833. The molecule has 2 heterocycles. The fourth-order valence-corrected chi connectivity index (χ4v) is 9.74. The lowest BCUT2D eigenvalue weighted by Crippen LogP contribution is -2.15. The molecule has 65 heavy (non-hydrogen) atoms. The number of benzene rings is 9. The number of para-hydroxylation sites is 3. The Labute approximate surface area is 380 Å². The van der Waals surface area contributed by atoms with Crippen molar-refractivity contribution in [2.45, 2.75) is 32.7 Å². The molecule has 0 fully saturated rings. The van der Waals surface area contributed by atoms with Crippen molar-refractivity contribution in [2.24, 2.45) is 11.5 Å². The maximum absolute atomic E-state index is 7.01. The Balaban J connectivity index is 0.000000246. The Morgan fingerprint density at radius 1 is 0.508 bits per heavy atom. The predicted octanol–water partition coefficient (Wildman–Crippen LogP) is 14.3. The van der Waals surface area contributed by atoms with Gasteiger partial charge < -0.3 is 20.6 Å². The topological polar surface area (TPSA) is 85.8 Å². The van der Waals surface area contributed by atoms with E-state index >= 15 is 0 Å². The zero-order valence-electron chi connectivity index (χ0n) is 37.0. The molecule has 0 spiro atoms. The van der Waals surface area contributed by atoms with Gasteiger partial charge in [0.25, 0.3) is 0 Å². The van der Waals surface area contributed by atoms with E-state index in [0.29, 0.717) is 6.54 Å². The van der Waals surface area contributed by atoms with Crippen LogP contribution in [-0.4, -0.2) is 15.0 Å². The van der Waals surface area contributed by atoms with E-state index in [1.54, 1.807) is 0 Å². The number of nitrogens with two attached hydrogens (primary N) is 2. The van der Waals surface area contributed by atoms with Gasteiger partial charge in [-0.3, -0.25) is 5.41 Å². The van der Waals surface area contributed by atoms with E-state index in [9.17, 15) is 0 Å². The third kappa shape index (κ3) is 7.26. The average Bonchev–Trinajstić information content (AvgIpc) is 3.96. The molecule has 0 saturated heterocycles. The molecular weight excluding hydrogens is 791 g/mol. The summed E-state index contributed by atoms with van der Waals surface area (Å²) in [6, 6.07) is 75.4. The third-order valence-electron chi connectivity index (χ3n) is 12.9. The lowest BCUT2D eigenvalue weighted by atomic mass is 9.81. The summed E-state index contributed by atoms with van der Waals surface area (Å²) in [6.07, 6.45) is 0.